The van der Waals surface area contributed by atoms with Crippen molar-refractivity contribution < 1.29 is 19.1 Å². The Bertz CT molecular complexity index is 768. The number of nitro benzene ring substituents is 1. The Kier molecular flexibility index (Phi) is 9.00. The summed E-state index contributed by atoms with van der Waals surface area (Å²) in [5.41, 5.74) is 1.77. The average molecular weight is 409 g/mol. The minimum Gasteiger partial charge on any atom is -0.493 e. The van der Waals surface area contributed by atoms with Gasteiger partial charge in [-0.1, -0.05) is 11.6 Å². The molecule has 0 atom stereocenters. The van der Waals surface area contributed by atoms with Crippen molar-refractivity contribution >= 4 is 17.3 Å². The molecule has 2 aromatic rings. The summed E-state index contributed by atoms with van der Waals surface area (Å²) in [6, 6.07) is 9.79. The van der Waals surface area contributed by atoms with E-state index in [-0.39, 0.29) is 12.3 Å². The minimum absolute atomic E-state index is 0.0440. The zero-order valence-electron chi connectivity index (χ0n) is 16.1. The van der Waals surface area contributed by atoms with E-state index in [1.165, 1.54) is 12.1 Å². The predicted octanol–water partition coefficient (Wildman–Crippen LogP) is 4.35. The van der Waals surface area contributed by atoms with E-state index in [4.69, 9.17) is 25.8 Å². The number of nitrogens with one attached hydrogen (secondary N) is 1. The fourth-order valence-electron chi connectivity index (χ4n) is 2.53. The van der Waals surface area contributed by atoms with Crippen LogP contribution < -0.4 is 14.8 Å². The molecule has 0 aliphatic carbocycles. The maximum Gasteiger partial charge on any atom is 0.269 e. The van der Waals surface area contributed by atoms with E-state index in [2.05, 4.69) is 5.32 Å². The van der Waals surface area contributed by atoms with Crippen molar-refractivity contribution in [3.8, 4) is 11.5 Å². The molecule has 2 aromatic carbocycles. The first-order chi connectivity index (χ1) is 13.5. The van der Waals surface area contributed by atoms with Gasteiger partial charge in [0.05, 0.1) is 12.0 Å². The van der Waals surface area contributed by atoms with Crippen LogP contribution in [0.3, 0.4) is 0 Å². The zero-order chi connectivity index (χ0) is 20.4. The first-order valence-corrected chi connectivity index (χ1v) is 9.44. The summed E-state index contributed by atoms with van der Waals surface area (Å²) in [5.74, 6) is 1.10. The number of nitro groups is 1. The van der Waals surface area contributed by atoms with Crippen molar-refractivity contribution in [2.45, 2.75) is 26.5 Å². The molecule has 2 rings (SSSR count). The van der Waals surface area contributed by atoms with Crippen LogP contribution in [0.2, 0.25) is 5.02 Å². The highest BCUT2D eigenvalue weighted by Gasteiger charge is 2.11. The van der Waals surface area contributed by atoms with Gasteiger partial charge in [0.2, 0.25) is 0 Å². The monoisotopic (exact) mass is 408 g/mol. The molecule has 0 unspecified atom stereocenters. The van der Waals surface area contributed by atoms with Crippen LogP contribution >= 0.6 is 11.6 Å². The van der Waals surface area contributed by atoms with Crippen molar-refractivity contribution in [1.29, 1.82) is 0 Å². The van der Waals surface area contributed by atoms with E-state index < -0.39 is 4.92 Å². The van der Waals surface area contributed by atoms with E-state index in [1.807, 2.05) is 13.0 Å². The number of ether oxygens (including phenoxy) is 3. The lowest BCUT2D eigenvalue weighted by Crippen LogP contribution is -2.16. The molecule has 28 heavy (non-hydrogen) atoms. The highest BCUT2D eigenvalue weighted by Crippen LogP contribution is 2.34. The highest BCUT2D eigenvalue weighted by molar-refractivity contribution is 6.31. The van der Waals surface area contributed by atoms with Crippen LogP contribution in [0.4, 0.5) is 5.69 Å². The zero-order valence-corrected chi connectivity index (χ0v) is 16.8. The van der Waals surface area contributed by atoms with Gasteiger partial charge in [-0.05, 0) is 49.2 Å². The maximum atomic E-state index is 10.7. The molecule has 0 aliphatic heterocycles. The van der Waals surface area contributed by atoms with Gasteiger partial charge < -0.3 is 19.5 Å². The van der Waals surface area contributed by atoms with Gasteiger partial charge in [0.25, 0.3) is 5.69 Å². The predicted molar refractivity (Wildman–Crippen MR) is 108 cm³/mol. The lowest BCUT2D eigenvalue weighted by Gasteiger charge is -2.14. The van der Waals surface area contributed by atoms with Crippen molar-refractivity contribution in [3.63, 3.8) is 0 Å². The standard InChI is InChI=1S/C20H25ClN2O5/c1-3-27-10-4-9-22-13-16-11-19(26-2)20(12-18(16)21)28-14-15-5-7-17(8-6-15)23(24)25/h5-8,11-12,22H,3-4,9-10,13-14H2,1-2H3. The summed E-state index contributed by atoms with van der Waals surface area (Å²) >= 11 is 6.38. The van der Waals surface area contributed by atoms with E-state index in [0.29, 0.717) is 23.1 Å². The summed E-state index contributed by atoms with van der Waals surface area (Å²) in [6.07, 6.45) is 0.930. The molecule has 0 saturated heterocycles. The van der Waals surface area contributed by atoms with Crippen LogP contribution in [0.25, 0.3) is 0 Å². The van der Waals surface area contributed by atoms with E-state index in [0.717, 1.165) is 37.3 Å². The second-order valence-electron chi connectivity index (χ2n) is 6.03. The first-order valence-electron chi connectivity index (χ1n) is 9.06. The minimum atomic E-state index is -0.433. The number of hydrogen-bond acceptors (Lipinski definition) is 6. The molecular weight excluding hydrogens is 384 g/mol. The Morgan fingerprint density at radius 1 is 1.18 bits per heavy atom. The van der Waals surface area contributed by atoms with Gasteiger partial charge in [-0.15, -0.1) is 0 Å². The molecule has 0 amide bonds. The average Bonchev–Trinajstić information content (AvgIpc) is 2.70. The Balaban J connectivity index is 1.95. The van der Waals surface area contributed by atoms with Crippen LogP contribution in [0.1, 0.15) is 24.5 Å². The number of non-ortho nitro benzene ring substituents is 1. The van der Waals surface area contributed by atoms with Crippen molar-refractivity contribution in [3.05, 3.63) is 62.7 Å². The molecule has 0 radical (unpaired) electrons. The summed E-state index contributed by atoms with van der Waals surface area (Å²) in [4.78, 5) is 10.3. The second kappa shape index (κ2) is 11.5. The van der Waals surface area contributed by atoms with Crippen molar-refractivity contribution in [2.24, 2.45) is 0 Å². The number of nitrogens with zero attached hydrogens (tertiary/aromatic N) is 1. The maximum absolute atomic E-state index is 10.7. The van der Waals surface area contributed by atoms with Gasteiger partial charge in [0.1, 0.15) is 6.61 Å². The Morgan fingerprint density at radius 2 is 1.93 bits per heavy atom. The van der Waals surface area contributed by atoms with Crippen LogP contribution in [0, 0.1) is 10.1 Å². The van der Waals surface area contributed by atoms with E-state index in [9.17, 15) is 10.1 Å². The quantitative estimate of drug-likeness (QED) is 0.319. The Hall–Kier alpha value is -2.35. The van der Waals surface area contributed by atoms with Crippen LogP contribution in [0.5, 0.6) is 11.5 Å². The van der Waals surface area contributed by atoms with Crippen LogP contribution in [0.15, 0.2) is 36.4 Å². The molecule has 0 aromatic heterocycles. The summed E-state index contributed by atoms with van der Waals surface area (Å²) in [7, 11) is 1.57. The molecule has 7 nitrogen and oxygen atoms in total. The molecule has 0 aliphatic rings. The summed E-state index contributed by atoms with van der Waals surface area (Å²) in [5, 5.41) is 14.6. The third-order valence-electron chi connectivity index (χ3n) is 4.04. The molecule has 0 saturated carbocycles. The lowest BCUT2D eigenvalue weighted by molar-refractivity contribution is -0.384. The van der Waals surface area contributed by atoms with Gasteiger partial charge in [-0.25, -0.2) is 0 Å². The normalized spacial score (nSPS) is 10.7. The molecule has 0 spiro atoms. The highest BCUT2D eigenvalue weighted by atomic mass is 35.5. The largest absolute Gasteiger partial charge is 0.493 e. The smallest absolute Gasteiger partial charge is 0.269 e. The Labute approximate surface area is 169 Å². The number of methoxy groups -OCH3 is 1. The molecule has 0 bridgehead atoms. The van der Waals surface area contributed by atoms with Crippen molar-refractivity contribution in [1.82, 2.24) is 5.32 Å². The van der Waals surface area contributed by atoms with Gasteiger partial charge in [0, 0.05) is 43.0 Å². The number of benzene rings is 2. The first kappa shape index (κ1) is 21.9. The van der Waals surface area contributed by atoms with Crippen LogP contribution in [-0.2, 0) is 17.9 Å². The lowest BCUT2D eigenvalue weighted by atomic mass is 10.2. The molecule has 0 fully saturated rings. The third kappa shape index (κ3) is 6.67. The van der Waals surface area contributed by atoms with Gasteiger partial charge in [-0.3, -0.25) is 10.1 Å². The Morgan fingerprint density at radius 3 is 2.57 bits per heavy atom. The SMILES string of the molecule is CCOCCCNCc1cc(OC)c(OCc2ccc([N+](=O)[O-])cc2)cc1Cl. The van der Waals surface area contributed by atoms with Gasteiger partial charge in [-0.2, -0.15) is 0 Å². The molecule has 1 N–H and O–H groups in total. The molecule has 0 heterocycles. The van der Waals surface area contributed by atoms with Gasteiger partial charge in [0.15, 0.2) is 11.5 Å². The van der Waals surface area contributed by atoms with E-state index in [1.54, 1.807) is 25.3 Å². The number of rotatable bonds is 12. The number of hydrogen-bond donors (Lipinski definition) is 1. The topological polar surface area (TPSA) is 82.9 Å². The summed E-state index contributed by atoms with van der Waals surface area (Å²) < 4.78 is 16.5. The molecule has 152 valence electrons. The van der Waals surface area contributed by atoms with E-state index >= 15 is 0 Å². The third-order valence-corrected chi connectivity index (χ3v) is 4.39. The second-order valence-corrected chi connectivity index (χ2v) is 6.44. The van der Waals surface area contributed by atoms with Crippen LogP contribution in [-0.4, -0.2) is 31.8 Å². The molecular formula is C20H25ClN2O5. The molecule has 8 heteroatoms. The number of halogens is 1. The van der Waals surface area contributed by atoms with Gasteiger partial charge >= 0.3 is 0 Å². The van der Waals surface area contributed by atoms with Crippen molar-refractivity contribution in [2.75, 3.05) is 26.9 Å². The fourth-order valence-corrected chi connectivity index (χ4v) is 2.75. The fraction of sp³-hybridized carbons (Fsp3) is 0.400. The summed E-state index contributed by atoms with van der Waals surface area (Å²) in [6.45, 7) is 5.13.